The van der Waals surface area contributed by atoms with E-state index in [1.54, 1.807) is 4.90 Å². The number of hydrogen-bond donors (Lipinski definition) is 4. The number of ether oxygens (including phenoxy) is 2. The van der Waals surface area contributed by atoms with Crippen LogP contribution in [0.5, 0.6) is 0 Å². The molecule has 0 unspecified atom stereocenters. The van der Waals surface area contributed by atoms with Gasteiger partial charge in [0.1, 0.15) is 6.04 Å². The minimum Gasteiger partial charge on any atom is -0.469 e. The highest BCUT2D eigenvalue weighted by Crippen LogP contribution is 2.44. The van der Waals surface area contributed by atoms with Gasteiger partial charge in [0, 0.05) is 31.5 Å². The van der Waals surface area contributed by atoms with Gasteiger partial charge in [-0.2, -0.15) is 0 Å². The van der Waals surface area contributed by atoms with Crippen molar-refractivity contribution in [1.29, 1.82) is 0 Å². The van der Waals surface area contributed by atoms with E-state index in [0.717, 1.165) is 51.4 Å². The van der Waals surface area contributed by atoms with Gasteiger partial charge in [0.25, 0.3) is 5.91 Å². The smallest absolute Gasteiger partial charge is 0.406 e. The predicted octanol–water partition coefficient (Wildman–Crippen LogP) is 2.97. The van der Waals surface area contributed by atoms with Gasteiger partial charge in [-0.15, -0.1) is 0 Å². The molecule has 55 heavy (non-hydrogen) atoms. The Kier molecular flexibility index (Phi) is 15.7. The van der Waals surface area contributed by atoms with Gasteiger partial charge in [-0.3, -0.25) is 33.6 Å². The monoisotopic (exact) mass is 773 g/mol. The van der Waals surface area contributed by atoms with E-state index in [9.17, 15) is 38.4 Å². The predicted molar refractivity (Wildman–Crippen MR) is 201 cm³/mol. The van der Waals surface area contributed by atoms with Gasteiger partial charge in [0.2, 0.25) is 23.5 Å². The molecule has 4 rings (SSSR count). The fraction of sp³-hybridized carbons (Fsp3) is 0.800. The summed E-state index contributed by atoms with van der Waals surface area (Å²) in [5.41, 5.74) is -0.716. The molecule has 0 aromatic carbocycles. The number of carbonyl (C=O) groups excluding carboxylic acids is 8. The fourth-order valence-electron chi connectivity index (χ4n) is 8.64. The SMILES string of the molecule is CCC[C@H](NC(=O)[C@@H]1[C@H]2CCC[C@H]2CN1C(=O)[C@@H](CC(=O)[C@@H](NC(=O)[C@H](CNC(=O)OC)CC(=O)OC)C1CCCCC1)C(C)(C)C)C(=O)C(=O)NC1CC1. The second-order valence-corrected chi connectivity index (χ2v) is 17.1. The van der Waals surface area contributed by atoms with Crippen molar-refractivity contribution in [2.24, 2.45) is 35.0 Å². The van der Waals surface area contributed by atoms with Crippen molar-refractivity contribution in [3.8, 4) is 0 Å². The zero-order chi connectivity index (χ0) is 40.4. The first kappa shape index (κ1) is 43.7. The highest BCUT2D eigenvalue weighted by atomic mass is 16.5. The lowest BCUT2D eigenvalue weighted by atomic mass is 9.74. The number of rotatable bonds is 18. The molecule has 0 aromatic rings. The van der Waals surface area contributed by atoms with E-state index in [1.165, 1.54) is 14.2 Å². The lowest BCUT2D eigenvalue weighted by Gasteiger charge is -2.37. The van der Waals surface area contributed by atoms with E-state index in [1.807, 2.05) is 27.7 Å². The van der Waals surface area contributed by atoms with Gasteiger partial charge in [-0.05, 0) is 68.1 Å². The molecule has 4 aliphatic rings. The first-order chi connectivity index (χ1) is 26.1. The summed E-state index contributed by atoms with van der Waals surface area (Å²) in [5, 5.41) is 10.9. The number of hydrogen-bond acceptors (Lipinski definition) is 10. The van der Waals surface area contributed by atoms with Gasteiger partial charge in [0.05, 0.1) is 38.6 Å². The number of alkyl carbamates (subject to hydrolysis) is 1. The van der Waals surface area contributed by atoms with Gasteiger partial charge in [0.15, 0.2) is 5.78 Å². The molecule has 0 radical (unpaired) electrons. The van der Waals surface area contributed by atoms with Crippen molar-refractivity contribution in [3.05, 3.63) is 0 Å². The second kappa shape index (κ2) is 19.7. The third-order valence-electron chi connectivity index (χ3n) is 12.0. The summed E-state index contributed by atoms with van der Waals surface area (Å²) < 4.78 is 9.42. The number of nitrogens with one attached hydrogen (secondary N) is 4. The topological polar surface area (TPSA) is 206 Å². The zero-order valence-corrected chi connectivity index (χ0v) is 33.5. The summed E-state index contributed by atoms with van der Waals surface area (Å²) in [5.74, 6) is -5.87. The number of esters is 1. The van der Waals surface area contributed by atoms with Crippen LogP contribution in [0, 0.1) is 35.0 Å². The van der Waals surface area contributed by atoms with Crippen molar-refractivity contribution < 1.29 is 47.8 Å². The number of nitrogens with zero attached hydrogens (tertiary/aromatic N) is 1. The summed E-state index contributed by atoms with van der Waals surface area (Å²) in [6.45, 7) is 7.63. The molecule has 0 spiro atoms. The molecule has 1 aliphatic heterocycles. The van der Waals surface area contributed by atoms with Crippen LogP contribution in [0.1, 0.15) is 118 Å². The molecule has 308 valence electrons. The third-order valence-corrected chi connectivity index (χ3v) is 12.0. The van der Waals surface area contributed by atoms with E-state index >= 15 is 0 Å². The highest BCUT2D eigenvalue weighted by molar-refractivity contribution is 6.38. The van der Waals surface area contributed by atoms with Crippen LogP contribution in [0.25, 0.3) is 0 Å². The number of amides is 5. The minimum atomic E-state index is -1.04. The Labute approximate surface area is 324 Å². The largest absolute Gasteiger partial charge is 0.469 e. The molecule has 4 fully saturated rings. The Hall–Kier alpha value is -4.04. The second-order valence-electron chi connectivity index (χ2n) is 17.1. The van der Waals surface area contributed by atoms with Crippen molar-refractivity contribution in [2.45, 2.75) is 142 Å². The molecule has 3 aliphatic carbocycles. The molecule has 0 bridgehead atoms. The van der Waals surface area contributed by atoms with Gasteiger partial charge in [-0.25, -0.2) is 4.79 Å². The third kappa shape index (κ3) is 11.7. The van der Waals surface area contributed by atoms with Crippen LogP contribution < -0.4 is 21.3 Å². The number of ketones is 2. The maximum atomic E-state index is 14.8. The lowest BCUT2D eigenvalue weighted by molar-refractivity contribution is -0.148. The van der Waals surface area contributed by atoms with Crippen LogP contribution in [0.2, 0.25) is 0 Å². The van der Waals surface area contributed by atoms with Crippen molar-refractivity contribution in [2.75, 3.05) is 27.3 Å². The van der Waals surface area contributed by atoms with Gasteiger partial charge < -0.3 is 35.6 Å². The molecule has 0 aromatic heterocycles. The molecular formula is C40H63N5O10. The van der Waals surface area contributed by atoms with E-state index in [4.69, 9.17) is 4.74 Å². The average Bonchev–Trinajstić information content (AvgIpc) is 3.72. The average molecular weight is 774 g/mol. The Morgan fingerprint density at radius 3 is 2.11 bits per heavy atom. The summed E-state index contributed by atoms with van der Waals surface area (Å²) >= 11 is 0. The number of methoxy groups -OCH3 is 2. The molecule has 3 saturated carbocycles. The fourth-order valence-corrected chi connectivity index (χ4v) is 8.64. The summed E-state index contributed by atoms with van der Waals surface area (Å²) in [7, 11) is 2.38. The van der Waals surface area contributed by atoms with Crippen LogP contribution in [0.4, 0.5) is 4.79 Å². The quantitative estimate of drug-likeness (QED) is 0.118. The number of likely N-dealkylation sites (tertiary alicyclic amines) is 1. The first-order valence-corrected chi connectivity index (χ1v) is 20.3. The first-order valence-electron chi connectivity index (χ1n) is 20.3. The summed E-state index contributed by atoms with van der Waals surface area (Å²) in [6.07, 6.45) is 7.83. The number of Topliss-reactive ketones (excluding diaryl/α,β-unsaturated/α-hetero) is 2. The standard InChI is InChI=1S/C40H63N5O10/c1-7-12-29(34(48)37(51)42-26-17-18-26)43-36(50)33-27-16-11-15-24(27)22-45(33)38(52)28(40(2,3)4)20-30(46)32(23-13-9-8-10-14-23)44-35(49)25(19-31(47)54-5)21-41-39(53)55-6/h23-29,32-33H,7-22H2,1-6H3,(H,41,53)(H,42,51)(H,43,50)(H,44,49)/t24-,25-,27-,28+,29-,32-,33-/m0/s1. The highest BCUT2D eigenvalue weighted by Gasteiger charge is 2.52. The zero-order valence-electron chi connectivity index (χ0n) is 33.5. The molecule has 4 N–H and O–H groups in total. The van der Waals surface area contributed by atoms with Crippen LogP contribution in [0.15, 0.2) is 0 Å². The van der Waals surface area contributed by atoms with E-state index in [2.05, 4.69) is 26.0 Å². The number of fused-ring (bicyclic) bond motifs is 1. The van der Waals surface area contributed by atoms with E-state index in [-0.39, 0.29) is 61.3 Å². The Bertz CT molecular complexity index is 1440. The van der Waals surface area contributed by atoms with Crippen LogP contribution in [-0.4, -0.2) is 104 Å². The maximum Gasteiger partial charge on any atom is 0.406 e. The molecule has 5 amide bonds. The van der Waals surface area contributed by atoms with Gasteiger partial charge >= 0.3 is 12.1 Å². The van der Waals surface area contributed by atoms with Crippen molar-refractivity contribution in [1.82, 2.24) is 26.2 Å². The molecule has 1 saturated heterocycles. The normalized spacial score (nSPS) is 23.3. The summed E-state index contributed by atoms with van der Waals surface area (Å²) in [4.78, 5) is 109. The molecule has 15 heteroatoms. The van der Waals surface area contributed by atoms with Crippen LogP contribution in [0.3, 0.4) is 0 Å². The van der Waals surface area contributed by atoms with Crippen LogP contribution in [-0.2, 0) is 43.0 Å². The summed E-state index contributed by atoms with van der Waals surface area (Å²) in [6, 6.07) is -2.82. The molecule has 15 nitrogen and oxygen atoms in total. The Morgan fingerprint density at radius 1 is 0.818 bits per heavy atom. The number of carbonyl (C=O) groups is 8. The lowest BCUT2D eigenvalue weighted by Crippen LogP contribution is -2.56. The van der Waals surface area contributed by atoms with Gasteiger partial charge in [-0.1, -0.05) is 59.8 Å². The maximum absolute atomic E-state index is 14.8. The Morgan fingerprint density at radius 2 is 1.51 bits per heavy atom. The van der Waals surface area contributed by atoms with Crippen LogP contribution >= 0.6 is 0 Å². The Balaban J connectivity index is 1.57. The molecular weight excluding hydrogens is 710 g/mol. The van der Waals surface area contributed by atoms with E-state index in [0.29, 0.717) is 25.8 Å². The minimum absolute atomic E-state index is 0.00967. The molecule has 1 heterocycles. The van der Waals surface area contributed by atoms with Crippen molar-refractivity contribution >= 4 is 47.3 Å². The molecule has 7 atom stereocenters. The van der Waals surface area contributed by atoms with Crippen molar-refractivity contribution in [3.63, 3.8) is 0 Å². The van der Waals surface area contributed by atoms with E-state index < -0.39 is 70.9 Å².